The highest BCUT2D eigenvalue weighted by atomic mass is 35.5. The Labute approximate surface area is 121 Å². The minimum atomic E-state index is -0.207. The molecule has 106 valence electrons. The molecule has 1 heterocycles. The number of carbonyl (C=O) groups excluding carboxylic acids is 1. The lowest BCUT2D eigenvalue weighted by Crippen LogP contribution is -2.26. The normalized spacial score (nSPS) is 10.3. The minimum absolute atomic E-state index is 0.207. The zero-order valence-electron chi connectivity index (χ0n) is 10.8. The molecule has 0 spiro atoms. The number of amides is 1. The smallest absolute Gasteiger partial charge is 0.253 e. The molecule has 20 heavy (non-hydrogen) atoms. The Morgan fingerprint density at radius 3 is 3.00 bits per heavy atom. The van der Waals surface area contributed by atoms with Crippen molar-refractivity contribution in [3.8, 4) is 0 Å². The van der Waals surface area contributed by atoms with E-state index in [-0.39, 0.29) is 5.91 Å². The highest BCUT2D eigenvalue weighted by Gasteiger charge is 2.10. The van der Waals surface area contributed by atoms with Gasteiger partial charge in [0.05, 0.1) is 11.3 Å². The summed E-state index contributed by atoms with van der Waals surface area (Å²) in [6.45, 7) is 1.31. The van der Waals surface area contributed by atoms with Gasteiger partial charge in [0.25, 0.3) is 5.91 Å². The van der Waals surface area contributed by atoms with E-state index in [0.717, 1.165) is 13.0 Å². The first-order valence-electron chi connectivity index (χ1n) is 6.22. The van der Waals surface area contributed by atoms with Crippen molar-refractivity contribution < 1.29 is 4.79 Å². The van der Waals surface area contributed by atoms with Gasteiger partial charge in [0.15, 0.2) is 0 Å². The van der Waals surface area contributed by atoms with Crippen LogP contribution >= 0.6 is 11.6 Å². The Morgan fingerprint density at radius 2 is 2.30 bits per heavy atom. The molecular formula is C13H16ClN5O. The first-order valence-corrected chi connectivity index (χ1v) is 6.60. The Balaban J connectivity index is 1.87. The third-order valence-corrected chi connectivity index (χ3v) is 3.03. The van der Waals surface area contributed by atoms with E-state index in [0.29, 0.717) is 22.8 Å². The molecule has 2 rings (SSSR count). The van der Waals surface area contributed by atoms with E-state index in [1.165, 1.54) is 0 Å². The Hall–Kier alpha value is -2.05. The van der Waals surface area contributed by atoms with Crippen LogP contribution < -0.4 is 16.6 Å². The summed E-state index contributed by atoms with van der Waals surface area (Å²) in [5.41, 5.74) is 3.45. The van der Waals surface area contributed by atoms with Gasteiger partial charge in [-0.05, 0) is 30.7 Å². The first-order chi connectivity index (χ1) is 9.70. The quantitative estimate of drug-likeness (QED) is 0.429. The van der Waals surface area contributed by atoms with Crippen LogP contribution in [0.2, 0.25) is 5.02 Å². The number of nitrogens with one attached hydrogen (secondary N) is 2. The van der Waals surface area contributed by atoms with Crippen molar-refractivity contribution in [2.24, 2.45) is 5.84 Å². The molecule has 0 aliphatic carbocycles. The molecule has 0 unspecified atom stereocenters. The van der Waals surface area contributed by atoms with Gasteiger partial charge >= 0.3 is 0 Å². The molecule has 1 amide bonds. The molecular weight excluding hydrogens is 278 g/mol. The molecule has 4 N–H and O–H groups in total. The summed E-state index contributed by atoms with van der Waals surface area (Å²) >= 11 is 5.89. The molecule has 7 heteroatoms. The topological polar surface area (TPSA) is 85.0 Å². The molecule has 0 aliphatic heterocycles. The number of rotatable bonds is 6. The van der Waals surface area contributed by atoms with Gasteiger partial charge in [0.2, 0.25) is 0 Å². The molecule has 0 aliphatic rings. The number of hydrogen-bond donors (Lipinski definition) is 3. The van der Waals surface area contributed by atoms with E-state index in [2.05, 4.69) is 15.8 Å². The Bertz CT molecular complexity index is 570. The number of nitrogen functional groups attached to an aromatic ring is 1. The SMILES string of the molecule is NNc1ccc(Cl)cc1C(=O)NCCCn1cccn1. The molecule has 1 aromatic heterocycles. The third kappa shape index (κ3) is 3.72. The van der Waals surface area contributed by atoms with Gasteiger partial charge < -0.3 is 10.7 Å². The average Bonchev–Trinajstić information content (AvgIpc) is 2.96. The van der Waals surface area contributed by atoms with Crippen LogP contribution in [0.5, 0.6) is 0 Å². The number of hydrogen-bond acceptors (Lipinski definition) is 4. The maximum atomic E-state index is 12.1. The molecule has 0 saturated heterocycles. The highest BCUT2D eigenvalue weighted by molar-refractivity contribution is 6.31. The zero-order chi connectivity index (χ0) is 14.4. The van der Waals surface area contributed by atoms with Crippen molar-refractivity contribution >= 4 is 23.2 Å². The largest absolute Gasteiger partial charge is 0.352 e. The number of nitrogens with zero attached hydrogens (tertiary/aromatic N) is 2. The summed E-state index contributed by atoms with van der Waals surface area (Å²) in [5.74, 6) is 5.17. The van der Waals surface area contributed by atoms with Crippen LogP contribution in [0.25, 0.3) is 0 Å². The number of halogens is 1. The lowest BCUT2D eigenvalue weighted by Gasteiger charge is -2.10. The molecule has 0 bridgehead atoms. The number of carbonyl (C=O) groups is 1. The van der Waals surface area contributed by atoms with E-state index in [1.54, 1.807) is 24.4 Å². The second-order valence-electron chi connectivity index (χ2n) is 4.21. The Kier molecular flexibility index (Phi) is 4.97. The van der Waals surface area contributed by atoms with Gasteiger partial charge in [-0.2, -0.15) is 5.10 Å². The van der Waals surface area contributed by atoms with E-state index in [9.17, 15) is 4.79 Å². The summed E-state index contributed by atoms with van der Waals surface area (Å²) in [7, 11) is 0. The predicted molar refractivity (Wildman–Crippen MR) is 78.4 cm³/mol. The van der Waals surface area contributed by atoms with Gasteiger partial charge in [-0.25, -0.2) is 0 Å². The second kappa shape index (κ2) is 6.93. The van der Waals surface area contributed by atoms with Crippen molar-refractivity contribution in [2.75, 3.05) is 12.0 Å². The number of benzene rings is 1. The fourth-order valence-electron chi connectivity index (χ4n) is 1.80. The monoisotopic (exact) mass is 293 g/mol. The van der Waals surface area contributed by atoms with Crippen LogP contribution in [0, 0.1) is 0 Å². The van der Waals surface area contributed by atoms with E-state index < -0.39 is 0 Å². The minimum Gasteiger partial charge on any atom is -0.352 e. The lowest BCUT2D eigenvalue weighted by molar-refractivity contribution is 0.0953. The summed E-state index contributed by atoms with van der Waals surface area (Å²) in [5, 5.41) is 7.41. The van der Waals surface area contributed by atoms with Crippen LogP contribution in [0.15, 0.2) is 36.7 Å². The van der Waals surface area contributed by atoms with E-state index >= 15 is 0 Å². The first kappa shape index (κ1) is 14.4. The van der Waals surface area contributed by atoms with Gasteiger partial charge in [0.1, 0.15) is 0 Å². The van der Waals surface area contributed by atoms with Crippen molar-refractivity contribution in [1.82, 2.24) is 15.1 Å². The molecule has 2 aromatic rings. The maximum Gasteiger partial charge on any atom is 0.253 e. The molecule has 6 nitrogen and oxygen atoms in total. The van der Waals surface area contributed by atoms with Crippen molar-refractivity contribution in [3.05, 3.63) is 47.2 Å². The number of aryl methyl sites for hydroxylation is 1. The lowest BCUT2D eigenvalue weighted by atomic mass is 10.1. The van der Waals surface area contributed by atoms with Crippen LogP contribution in [0.1, 0.15) is 16.8 Å². The standard InChI is InChI=1S/C13H16ClN5O/c14-10-3-4-12(18-15)11(9-10)13(20)16-5-1-7-19-8-2-6-17-19/h2-4,6,8-9,18H,1,5,7,15H2,(H,16,20). The van der Waals surface area contributed by atoms with Crippen molar-refractivity contribution in [1.29, 1.82) is 0 Å². The number of aromatic nitrogens is 2. The van der Waals surface area contributed by atoms with Crippen LogP contribution in [0.4, 0.5) is 5.69 Å². The van der Waals surface area contributed by atoms with E-state index in [4.69, 9.17) is 17.4 Å². The number of nitrogens with two attached hydrogens (primary N) is 1. The van der Waals surface area contributed by atoms with Crippen molar-refractivity contribution in [2.45, 2.75) is 13.0 Å². The molecule has 1 aromatic carbocycles. The zero-order valence-corrected chi connectivity index (χ0v) is 11.6. The molecule has 0 atom stereocenters. The van der Waals surface area contributed by atoms with Gasteiger partial charge in [-0.3, -0.25) is 15.3 Å². The number of anilines is 1. The maximum absolute atomic E-state index is 12.1. The van der Waals surface area contributed by atoms with Crippen LogP contribution in [-0.2, 0) is 6.54 Å². The molecule has 0 fully saturated rings. The van der Waals surface area contributed by atoms with Gasteiger partial charge in [-0.1, -0.05) is 11.6 Å². The van der Waals surface area contributed by atoms with Crippen LogP contribution in [-0.4, -0.2) is 22.2 Å². The summed E-state index contributed by atoms with van der Waals surface area (Å²) in [6.07, 6.45) is 4.40. The fourth-order valence-corrected chi connectivity index (χ4v) is 1.97. The molecule has 0 radical (unpaired) electrons. The third-order valence-electron chi connectivity index (χ3n) is 2.79. The summed E-state index contributed by atoms with van der Waals surface area (Å²) in [4.78, 5) is 12.1. The van der Waals surface area contributed by atoms with Gasteiger partial charge in [0, 0.05) is 30.5 Å². The second-order valence-corrected chi connectivity index (χ2v) is 4.65. The van der Waals surface area contributed by atoms with Crippen molar-refractivity contribution in [3.63, 3.8) is 0 Å². The highest BCUT2D eigenvalue weighted by Crippen LogP contribution is 2.19. The number of hydrazine groups is 1. The predicted octanol–water partition coefficient (Wildman–Crippen LogP) is 1.64. The fraction of sp³-hybridized carbons (Fsp3) is 0.231. The summed E-state index contributed by atoms with van der Waals surface area (Å²) in [6, 6.07) is 6.79. The van der Waals surface area contributed by atoms with Gasteiger partial charge in [-0.15, -0.1) is 0 Å². The van der Waals surface area contributed by atoms with Crippen LogP contribution in [0.3, 0.4) is 0 Å². The average molecular weight is 294 g/mol. The summed E-state index contributed by atoms with van der Waals surface area (Å²) < 4.78 is 1.82. The Morgan fingerprint density at radius 1 is 1.45 bits per heavy atom. The van der Waals surface area contributed by atoms with E-state index in [1.807, 2.05) is 16.9 Å². The molecule has 0 saturated carbocycles.